The molecule has 2 aromatic rings. The zero-order valence-electron chi connectivity index (χ0n) is 9.22. The van der Waals surface area contributed by atoms with E-state index in [1.807, 2.05) is 37.6 Å². The first kappa shape index (κ1) is 10.7. The summed E-state index contributed by atoms with van der Waals surface area (Å²) in [5, 5.41) is 3.06. The standard InChI is InChI=1S/C12H14N4/c1-13-7-10-8-15-12(16-9-10)6-11-4-2-3-5-14-11/h2-5,8-9,13H,6-7H2,1H3. The topological polar surface area (TPSA) is 50.7 Å². The summed E-state index contributed by atoms with van der Waals surface area (Å²) in [6.07, 6.45) is 6.16. The molecule has 0 amide bonds. The fraction of sp³-hybridized carbons (Fsp3) is 0.250. The summed E-state index contributed by atoms with van der Waals surface area (Å²) in [4.78, 5) is 12.8. The molecular formula is C12H14N4. The van der Waals surface area contributed by atoms with Crippen molar-refractivity contribution in [3.05, 3.63) is 53.9 Å². The molecule has 82 valence electrons. The fourth-order valence-corrected chi connectivity index (χ4v) is 1.43. The second-order valence-electron chi connectivity index (χ2n) is 3.54. The number of nitrogens with one attached hydrogen (secondary N) is 1. The first-order valence-corrected chi connectivity index (χ1v) is 5.23. The van der Waals surface area contributed by atoms with E-state index in [0.29, 0.717) is 6.42 Å². The number of hydrogen-bond donors (Lipinski definition) is 1. The van der Waals surface area contributed by atoms with Crippen LogP contribution in [0.4, 0.5) is 0 Å². The maximum atomic E-state index is 4.30. The molecule has 2 aromatic heterocycles. The molecular weight excluding hydrogens is 200 g/mol. The highest BCUT2D eigenvalue weighted by molar-refractivity contribution is 5.11. The van der Waals surface area contributed by atoms with Gasteiger partial charge < -0.3 is 5.32 Å². The van der Waals surface area contributed by atoms with E-state index in [1.54, 1.807) is 6.20 Å². The molecule has 1 N–H and O–H groups in total. The fourth-order valence-electron chi connectivity index (χ4n) is 1.43. The van der Waals surface area contributed by atoms with Crippen molar-refractivity contribution in [2.24, 2.45) is 0 Å². The zero-order valence-corrected chi connectivity index (χ0v) is 9.22. The molecule has 0 aliphatic heterocycles. The Kier molecular flexibility index (Phi) is 3.56. The van der Waals surface area contributed by atoms with Crippen molar-refractivity contribution in [1.29, 1.82) is 0 Å². The Balaban J connectivity index is 2.05. The minimum Gasteiger partial charge on any atom is -0.316 e. The maximum Gasteiger partial charge on any atom is 0.134 e. The van der Waals surface area contributed by atoms with Gasteiger partial charge in [0, 0.05) is 42.8 Å². The summed E-state index contributed by atoms with van der Waals surface area (Å²) < 4.78 is 0. The number of rotatable bonds is 4. The molecule has 2 rings (SSSR count). The molecule has 16 heavy (non-hydrogen) atoms. The molecule has 0 aliphatic rings. The van der Waals surface area contributed by atoms with Crippen LogP contribution in [-0.4, -0.2) is 22.0 Å². The van der Waals surface area contributed by atoms with Crippen molar-refractivity contribution >= 4 is 0 Å². The molecule has 0 radical (unpaired) electrons. The van der Waals surface area contributed by atoms with Crippen LogP contribution in [0.2, 0.25) is 0 Å². The van der Waals surface area contributed by atoms with E-state index in [-0.39, 0.29) is 0 Å². The first-order chi connectivity index (χ1) is 7.88. The van der Waals surface area contributed by atoms with Crippen LogP contribution in [0, 0.1) is 0 Å². The van der Waals surface area contributed by atoms with Gasteiger partial charge in [0.05, 0.1) is 0 Å². The van der Waals surface area contributed by atoms with Gasteiger partial charge >= 0.3 is 0 Å². The Bertz CT molecular complexity index is 425. The quantitative estimate of drug-likeness (QED) is 0.830. The largest absolute Gasteiger partial charge is 0.316 e. The summed E-state index contributed by atoms with van der Waals surface area (Å²) in [6.45, 7) is 0.796. The highest BCUT2D eigenvalue weighted by Gasteiger charge is 2.00. The number of nitrogens with zero attached hydrogens (tertiary/aromatic N) is 3. The highest BCUT2D eigenvalue weighted by Crippen LogP contribution is 2.02. The third kappa shape index (κ3) is 2.84. The Labute approximate surface area is 94.8 Å². The van der Waals surface area contributed by atoms with Crippen molar-refractivity contribution in [3.8, 4) is 0 Å². The normalized spacial score (nSPS) is 10.3. The summed E-state index contributed by atoms with van der Waals surface area (Å²) in [5.41, 5.74) is 2.08. The summed E-state index contributed by atoms with van der Waals surface area (Å²) in [7, 11) is 1.90. The molecule has 0 fully saturated rings. The molecule has 4 nitrogen and oxygen atoms in total. The molecule has 0 spiro atoms. The van der Waals surface area contributed by atoms with Crippen molar-refractivity contribution in [1.82, 2.24) is 20.3 Å². The summed E-state index contributed by atoms with van der Waals surface area (Å²) in [6, 6.07) is 5.85. The lowest BCUT2D eigenvalue weighted by Crippen LogP contribution is -2.07. The third-order valence-electron chi connectivity index (χ3n) is 2.21. The van der Waals surface area contributed by atoms with E-state index in [9.17, 15) is 0 Å². The van der Waals surface area contributed by atoms with Gasteiger partial charge in [0.25, 0.3) is 0 Å². The molecule has 0 aromatic carbocycles. The number of aromatic nitrogens is 3. The van der Waals surface area contributed by atoms with Crippen molar-refractivity contribution in [2.75, 3.05) is 7.05 Å². The van der Waals surface area contributed by atoms with E-state index in [2.05, 4.69) is 20.3 Å². The average Bonchev–Trinajstić information content (AvgIpc) is 2.33. The third-order valence-corrected chi connectivity index (χ3v) is 2.21. The first-order valence-electron chi connectivity index (χ1n) is 5.23. The number of hydrogen-bond acceptors (Lipinski definition) is 4. The SMILES string of the molecule is CNCc1cnc(Cc2ccccn2)nc1. The van der Waals surface area contributed by atoms with Gasteiger partial charge in [-0.1, -0.05) is 6.07 Å². The summed E-state index contributed by atoms with van der Waals surface area (Å²) in [5.74, 6) is 0.804. The zero-order chi connectivity index (χ0) is 11.2. The lowest BCUT2D eigenvalue weighted by molar-refractivity contribution is 0.797. The Morgan fingerprint density at radius 2 is 1.94 bits per heavy atom. The molecule has 0 unspecified atom stereocenters. The molecule has 0 bridgehead atoms. The van der Waals surface area contributed by atoms with Crippen LogP contribution in [0.3, 0.4) is 0 Å². The lowest BCUT2D eigenvalue weighted by atomic mass is 10.2. The van der Waals surface area contributed by atoms with E-state index < -0.39 is 0 Å². The van der Waals surface area contributed by atoms with Gasteiger partial charge in [0.2, 0.25) is 0 Å². The van der Waals surface area contributed by atoms with Gasteiger partial charge in [-0.05, 0) is 19.2 Å². The van der Waals surface area contributed by atoms with Gasteiger partial charge in [-0.2, -0.15) is 0 Å². The van der Waals surface area contributed by atoms with Crippen LogP contribution in [0.5, 0.6) is 0 Å². The molecule has 0 atom stereocenters. The second kappa shape index (κ2) is 5.32. The van der Waals surface area contributed by atoms with Crippen LogP contribution in [-0.2, 0) is 13.0 Å². The predicted molar refractivity (Wildman–Crippen MR) is 61.8 cm³/mol. The Hall–Kier alpha value is -1.81. The Morgan fingerprint density at radius 3 is 2.56 bits per heavy atom. The molecule has 0 aliphatic carbocycles. The Morgan fingerprint density at radius 1 is 1.12 bits per heavy atom. The van der Waals surface area contributed by atoms with Gasteiger partial charge in [-0.15, -0.1) is 0 Å². The van der Waals surface area contributed by atoms with Crippen LogP contribution in [0.25, 0.3) is 0 Å². The van der Waals surface area contributed by atoms with Crippen LogP contribution in [0.1, 0.15) is 17.1 Å². The average molecular weight is 214 g/mol. The van der Waals surface area contributed by atoms with Gasteiger partial charge in [-0.3, -0.25) is 4.98 Å². The van der Waals surface area contributed by atoms with Crippen LogP contribution in [0.15, 0.2) is 36.8 Å². The minimum atomic E-state index is 0.681. The van der Waals surface area contributed by atoms with Gasteiger partial charge in [-0.25, -0.2) is 9.97 Å². The smallest absolute Gasteiger partial charge is 0.134 e. The van der Waals surface area contributed by atoms with Crippen molar-refractivity contribution in [3.63, 3.8) is 0 Å². The van der Waals surface area contributed by atoms with E-state index >= 15 is 0 Å². The van der Waals surface area contributed by atoms with Crippen LogP contribution < -0.4 is 5.32 Å². The van der Waals surface area contributed by atoms with Crippen LogP contribution >= 0.6 is 0 Å². The molecule has 0 saturated carbocycles. The number of pyridine rings is 1. The van der Waals surface area contributed by atoms with E-state index in [4.69, 9.17) is 0 Å². The van der Waals surface area contributed by atoms with Gasteiger partial charge in [0.15, 0.2) is 0 Å². The minimum absolute atomic E-state index is 0.681. The van der Waals surface area contributed by atoms with E-state index in [0.717, 1.165) is 23.6 Å². The second-order valence-corrected chi connectivity index (χ2v) is 3.54. The lowest BCUT2D eigenvalue weighted by Gasteiger charge is -2.01. The molecule has 2 heterocycles. The molecule has 0 saturated heterocycles. The van der Waals surface area contributed by atoms with E-state index in [1.165, 1.54) is 0 Å². The van der Waals surface area contributed by atoms with Crippen molar-refractivity contribution in [2.45, 2.75) is 13.0 Å². The maximum absolute atomic E-state index is 4.30. The summed E-state index contributed by atoms with van der Waals surface area (Å²) >= 11 is 0. The van der Waals surface area contributed by atoms with Crippen molar-refractivity contribution < 1.29 is 0 Å². The molecule has 4 heteroatoms. The predicted octanol–water partition coefficient (Wildman–Crippen LogP) is 1.18. The van der Waals surface area contributed by atoms with Gasteiger partial charge in [0.1, 0.15) is 5.82 Å². The monoisotopic (exact) mass is 214 g/mol. The highest BCUT2D eigenvalue weighted by atomic mass is 14.9.